The standard InChI is InChI=1S/C15H22N4O3S.2ClH/c16-4-1-15(20)19-8-7-18(9-12-2-5-17-6-3-12)13-10-23(21,22)11-14(13)19;;/h2-3,5-6,13-14H,1,4,7-11,16H2;2*1H/t13-,14+;;/m1../s1. The number of amides is 1. The number of nitrogens with zero attached hydrogens (tertiary/aromatic N) is 3. The SMILES string of the molecule is Cl.Cl.NCCC(=O)N1CCN(Cc2ccncc2)[C@@H]2CS(=O)(=O)C[C@@H]21. The quantitative estimate of drug-likeness (QED) is 0.754. The fraction of sp³-hybridized carbons (Fsp3) is 0.600. The first-order valence-electron chi connectivity index (χ1n) is 7.83. The number of fused-ring (bicyclic) bond motifs is 1. The van der Waals surface area contributed by atoms with Gasteiger partial charge in [0.15, 0.2) is 9.84 Å². The molecule has 2 aliphatic rings. The van der Waals surface area contributed by atoms with Crippen molar-refractivity contribution in [1.29, 1.82) is 0 Å². The van der Waals surface area contributed by atoms with Crippen molar-refractivity contribution in [2.75, 3.05) is 31.1 Å². The van der Waals surface area contributed by atoms with E-state index >= 15 is 0 Å². The third-order valence-electron chi connectivity index (χ3n) is 4.60. The summed E-state index contributed by atoms with van der Waals surface area (Å²) in [6, 6.07) is 3.48. The third kappa shape index (κ3) is 5.04. The highest BCUT2D eigenvalue weighted by atomic mass is 35.5. The van der Waals surface area contributed by atoms with Crippen LogP contribution in [-0.4, -0.2) is 72.3 Å². The molecule has 10 heteroatoms. The van der Waals surface area contributed by atoms with Gasteiger partial charge >= 0.3 is 0 Å². The van der Waals surface area contributed by atoms with Gasteiger partial charge in [0.2, 0.25) is 5.91 Å². The van der Waals surface area contributed by atoms with Crippen molar-refractivity contribution in [3.63, 3.8) is 0 Å². The van der Waals surface area contributed by atoms with Crippen molar-refractivity contribution in [3.8, 4) is 0 Å². The number of pyridine rings is 1. The summed E-state index contributed by atoms with van der Waals surface area (Å²) >= 11 is 0. The molecule has 2 fully saturated rings. The predicted octanol–water partition coefficient (Wildman–Crippen LogP) is 0.0838. The van der Waals surface area contributed by atoms with Crippen molar-refractivity contribution >= 4 is 40.6 Å². The Bertz CT molecular complexity index is 675. The molecule has 7 nitrogen and oxygen atoms in total. The first kappa shape index (κ1) is 22.1. The summed E-state index contributed by atoms with van der Waals surface area (Å²) in [6.45, 7) is 2.20. The Hall–Kier alpha value is -0.930. The van der Waals surface area contributed by atoms with Gasteiger partial charge in [0.1, 0.15) is 0 Å². The maximum Gasteiger partial charge on any atom is 0.224 e. The lowest BCUT2D eigenvalue weighted by molar-refractivity contribution is -0.136. The van der Waals surface area contributed by atoms with Gasteiger partial charge in [-0.3, -0.25) is 14.7 Å². The molecule has 2 saturated heterocycles. The van der Waals surface area contributed by atoms with Crippen LogP contribution < -0.4 is 5.73 Å². The number of aromatic nitrogens is 1. The molecule has 0 unspecified atom stereocenters. The van der Waals surface area contributed by atoms with Crippen LogP contribution in [0.15, 0.2) is 24.5 Å². The highest BCUT2D eigenvalue weighted by Crippen LogP contribution is 2.28. The molecule has 0 radical (unpaired) electrons. The number of sulfone groups is 1. The van der Waals surface area contributed by atoms with Crippen molar-refractivity contribution in [3.05, 3.63) is 30.1 Å². The summed E-state index contributed by atoms with van der Waals surface area (Å²) in [7, 11) is -3.11. The Kier molecular flexibility index (Phi) is 8.08. The molecule has 0 aliphatic carbocycles. The van der Waals surface area contributed by atoms with Gasteiger partial charge in [-0.05, 0) is 17.7 Å². The normalized spacial score (nSPS) is 24.8. The highest BCUT2D eigenvalue weighted by molar-refractivity contribution is 7.91. The molecule has 0 saturated carbocycles. The van der Waals surface area contributed by atoms with Gasteiger partial charge in [-0.2, -0.15) is 0 Å². The van der Waals surface area contributed by atoms with Crippen LogP contribution in [0.2, 0.25) is 0 Å². The molecule has 2 aliphatic heterocycles. The van der Waals surface area contributed by atoms with Gasteiger partial charge in [-0.15, -0.1) is 24.8 Å². The lowest BCUT2D eigenvalue weighted by atomic mass is 10.0. The Labute approximate surface area is 160 Å². The van der Waals surface area contributed by atoms with Gasteiger partial charge in [-0.25, -0.2) is 8.42 Å². The molecule has 0 bridgehead atoms. The monoisotopic (exact) mass is 410 g/mol. The van der Waals surface area contributed by atoms with Crippen LogP contribution >= 0.6 is 24.8 Å². The van der Waals surface area contributed by atoms with Gasteiger partial charge in [0.25, 0.3) is 0 Å². The molecule has 2 atom stereocenters. The topological polar surface area (TPSA) is 96.6 Å². The maximum absolute atomic E-state index is 12.2. The second-order valence-corrected chi connectivity index (χ2v) is 8.32. The third-order valence-corrected chi connectivity index (χ3v) is 6.30. The molecule has 142 valence electrons. The van der Waals surface area contributed by atoms with Crippen molar-refractivity contribution < 1.29 is 13.2 Å². The second-order valence-electron chi connectivity index (χ2n) is 6.16. The van der Waals surface area contributed by atoms with E-state index in [-0.39, 0.29) is 60.7 Å². The Morgan fingerprint density at radius 1 is 1.16 bits per heavy atom. The van der Waals surface area contributed by atoms with Gasteiger partial charge < -0.3 is 10.6 Å². The van der Waals surface area contributed by atoms with E-state index in [1.54, 1.807) is 17.3 Å². The molecule has 0 spiro atoms. The van der Waals surface area contributed by atoms with Crippen molar-refractivity contribution in [1.82, 2.24) is 14.8 Å². The predicted molar refractivity (Wildman–Crippen MR) is 101 cm³/mol. The largest absolute Gasteiger partial charge is 0.336 e. The van der Waals surface area contributed by atoms with Gasteiger partial charge in [0, 0.05) is 51.0 Å². The molecular formula is C15H24Cl2N4O3S. The minimum Gasteiger partial charge on any atom is -0.336 e. The molecule has 25 heavy (non-hydrogen) atoms. The van der Waals surface area contributed by atoms with E-state index in [2.05, 4.69) is 9.88 Å². The summed E-state index contributed by atoms with van der Waals surface area (Å²) in [6.07, 6.45) is 3.74. The zero-order chi connectivity index (χ0) is 16.4. The average Bonchev–Trinajstić information content (AvgIpc) is 2.84. The fourth-order valence-electron chi connectivity index (χ4n) is 3.52. The van der Waals surface area contributed by atoms with E-state index < -0.39 is 9.84 Å². The first-order chi connectivity index (χ1) is 11.0. The number of nitrogens with two attached hydrogens (primary N) is 1. The van der Waals surface area contributed by atoms with Crippen molar-refractivity contribution in [2.24, 2.45) is 5.73 Å². The highest BCUT2D eigenvalue weighted by Gasteiger charge is 2.47. The Morgan fingerprint density at radius 2 is 1.80 bits per heavy atom. The maximum atomic E-state index is 12.2. The lowest BCUT2D eigenvalue weighted by Crippen LogP contribution is -2.60. The van der Waals surface area contributed by atoms with E-state index in [9.17, 15) is 13.2 Å². The number of carbonyl (C=O) groups excluding carboxylic acids is 1. The summed E-state index contributed by atoms with van der Waals surface area (Å²) in [5, 5.41) is 0. The molecule has 3 heterocycles. The van der Waals surface area contributed by atoms with E-state index in [1.807, 2.05) is 12.1 Å². The van der Waals surface area contributed by atoms with E-state index in [1.165, 1.54) is 0 Å². The minimum absolute atomic E-state index is 0. The van der Waals surface area contributed by atoms with Crippen LogP contribution in [0.25, 0.3) is 0 Å². The molecule has 0 aromatic carbocycles. The summed E-state index contributed by atoms with van der Waals surface area (Å²) < 4.78 is 24.2. The summed E-state index contributed by atoms with van der Waals surface area (Å²) in [4.78, 5) is 20.2. The van der Waals surface area contributed by atoms with E-state index in [0.717, 1.165) is 5.56 Å². The van der Waals surface area contributed by atoms with Crippen LogP contribution in [0.1, 0.15) is 12.0 Å². The molecule has 1 aromatic heterocycles. The van der Waals surface area contributed by atoms with E-state index in [0.29, 0.717) is 26.2 Å². The molecule has 3 rings (SSSR count). The van der Waals surface area contributed by atoms with Crippen LogP contribution in [0, 0.1) is 0 Å². The fourth-order valence-corrected chi connectivity index (χ4v) is 5.53. The number of rotatable bonds is 4. The number of hydrogen-bond acceptors (Lipinski definition) is 6. The minimum atomic E-state index is -3.11. The molecular weight excluding hydrogens is 387 g/mol. The van der Waals surface area contributed by atoms with E-state index in [4.69, 9.17) is 5.73 Å². The molecule has 2 N–H and O–H groups in total. The number of carbonyl (C=O) groups is 1. The van der Waals surface area contributed by atoms with Crippen LogP contribution in [0.4, 0.5) is 0 Å². The number of piperazine rings is 1. The Morgan fingerprint density at radius 3 is 2.44 bits per heavy atom. The van der Waals surface area contributed by atoms with Crippen LogP contribution in [-0.2, 0) is 21.2 Å². The molecule has 1 aromatic rings. The Balaban J connectivity index is 0.00000156. The summed E-state index contributed by atoms with van der Waals surface area (Å²) in [5.41, 5.74) is 6.58. The van der Waals surface area contributed by atoms with Crippen LogP contribution in [0.5, 0.6) is 0 Å². The molecule has 1 amide bonds. The zero-order valence-corrected chi connectivity index (χ0v) is 16.2. The number of halogens is 2. The summed E-state index contributed by atoms with van der Waals surface area (Å²) in [5.74, 6) is 0.138. The number of hydrogen-bond donors (Lipinski definition) is 1. The zero-order valence-electron chi connectivity index (χ0n) is 13.8. The lowest BCUT2D eigenvalue weighted by Gasteiger charge is -2.44. The first-order valence-corrected chi connectivity index (χ1v) is 9.65. The van der Waals surface area contributed by atoms with Crippen LogP contribution in [0.3, 0.4) is 0 Å². The second kappa shape index (κ2) is 9.14. The van der Waals surface area contributed by atoms with Crippen molar-refractivity contribution in [2.45, 2.75) is 25.0 Å². The average molecular weight is 411 g/mol. The smallest absolute Gasteiger partial charge is 0.224 e. The van der Waals surface area contributed by atoms with Gasteiger partial charge in [0.05, 0.1) is 17.5 Å². The van der Waals surface area contributed by atoms with Gasteiger partial charge in [-0.1, -0.05) is 0 Å².